The van der Waals surface area contributed by atoms with E-state index in [-0.39, 0.29) is 5.92 Å². The zero-order chi connectivity index (χ0) is 34.3. The van der Waals surface area contributed by atoms with Crippen LogP contribution in [0.3, 0.4) is 0 Å². The number of para-hydroxylation sites is 2. The summed E-state index contributed by atoms with van der Waals surface area (Å²) in [5, 5.41) is 3.79. The van der Waals surface area contributed by atoms with Crippen molar-refractivity contribution in [1.29, 1.82) is 0 Å². The van der Waals surface area contributed by atoms with Crippen molar-refractivity contribution >= 4 is 38.8 Å². The van der Waals surface area contributed by atoms with Gasteiger partial charge >= 0.3 is 0 Å². The Labute approximate surface area is 298 Å². The standard InChI is InChI=1S/C49H36N2/c1-3-4-7-14-34(2)37-23-28-43-45-32-39(25-30-48(45)51(49(43)33-37)41-26-21-36(22-27-41)35-15-8-5-9-16-35)38-24-29-47-44(31-38)42-19-12-13-20-46(42)50(47)40-17-10-6-11-18-40/h1,4-32,37H,33H2,2H3/b7-4-,34-14+. The molecule has 0 saturated heterocycles. The lowest BCUT2D eigenvalue weighted by atomic mass is 9.87. The zero-order valence-corrected chi connectivity index (χ0v) is 28.5. The lowest BCUT2D eigenvalue weighted by Gasteiger charge is -2.21. The predicted molar refractivity (Wildman–Crippen MR) is 216 cm³/mol. The van der Waals surface area contributed by atoms with Gasteiger partial charge in [0.1, 0.15) is 0 Å². The molecule has 51 heavy (non-hydrogen) atoms. The molecular weight excluding hydrogens is 617 g/mol. The van der Waals surface area contributed by atoms with Crippen LogP contribution in [-0.4, -0.2) is 9.13 Å². The van der Waals surface area contributed by atoms with Gasteiger partial charge in [-0.3, -0.25) is 0 Å². The monoisotopic (exact) mass is 652 g/mol. The minimum atomic E-state index is 0.287. The molecule has 242 valence electrons. The van der Waals surface area contributed by atoms with Gasteiger partial charge in [-0.05, 0) is 96.3 Å². The first-order valence-corrected chi connectivity index (χ1v) is 17.6. The Balaban J connectivity index is 1.19. The van der Waals surface area contributed by atoms with Crippen LogP contribution in [0.4, 0.5) is 0 Å². The van der Waals surface area contributed by atoms with Gasteiger partial charge in [-0.25, -0.2) is 0 Å². The summed E-state index contributed by atoms with van der Waals surface area (Å²) in [4.78, 5) is 0. The first-order chi connectivity index (χ1) is 25.2. The predicted octanol–water partition coefficient (Wildman–Crippen LogP) is 12.4. The van der Waals surface area contributed by atoms with E-state index in [9.17, 15) is 0 Å². The number of aromatic nitrogens is 2. The molecule has 0 saturated carbocycles. The average molecular weight is 653 g/mol. The van der Waals surface area contributed by atoms with Crippen LogP contribution in [0.5, 0.6) is 0 Å². The first kappa shape index (κ1) is 30.5. The molecule has 1 aliphatic rings. The van der Waals surface area contributed by atoms with Crippen LogP contribution in [0.15, 0.2) is 175 Å². The van der Waals surface area contributed by atoms with Crippen LogP contribution in [0.1, 0.15) is 18.2 Å². The molecule has 0 bridgehead atoms. The van der Waals surface area contributed by atoms with Crippen molar-refractivity contribution in [3.05, 3.63) is 187 Å². The van der Waals surface area contributed by atoms with Gasteiger partial charge in [-0.1, -0.05) is 127 Å². The molecule has 2 aromatic heterocycles. The van der Waals surface area contributed by atoms with Crippen molar-refractivity contribution in [3.8, 4) is 46.0 Å². The van der Waals surface area contributed by atoms with Gasteiger partial charge in [0.15, 0.2) is 0 Å². The second-order valence-corrected chi connectivity index (χ2v) is 13.4. The summed E-state index contributed by atoms with van der Waals surface area (Å²) in [6, 6.07) is 52.9. The number of hydrogen-bond donors (Lipinski definition) is 0. The van der Waals surface area contributed by atoms with Gasteiger partial charge in [0.25, 0.3) is 0 Å². The Hall–Kier alpha value is -6.56. The number of fused-ring (bicyclic) bond motifs is 6. The molecule has 0 spiro atoms. The van der Waals surface area contributed by atoms with Crippen molar-refractivity contribution < 1.29 is 0 Å². The summed E-state index contributed by atoms with van der Waals surface area (Å²) in [5.41, 5.74) is 14.8. The van der Waals surface area contributed by atoms with Crippen LogP contribution in [-0.2, 0) is 6.42 Å². The number of nitrogens with zero attached hydrogens (tertiary/aromatic N) is 2. The summed E-state index contributed by atoms with van der Waals surface area (Å²) in [6.45, 7) is 2.20. The van der Waals surface area contributed by atoms with E-state index in [1.54, 1.807) is 6.08 Å². The minimum Gasteiger partial charge on any atom is -0.313 e. The highest BCUT2D eigenvalue weighted by molar-refractivity contribution is 6.10. The Bertz CT molecular complexity index is 2710. The van der Waals surface area contributed by atoms with Crippen molar-refractivity contribution in [2.24, 2.45) is 5.92 Å². The zero-order valence-electron chi connectivity index (χ0n) is 28.5. The lowest BCUT2D eigenvalue weighted by Crippen LogP contribution is -2.12. The Kier molecular flexibility index (Phi) is 7.60. The number of terminal acetylenes is 1. The fraction of sp³-hybridized carbons (Fsp3) is 0.0612. The highest BCUT2D eigenvalue weighted by Gasteiger charge is 2.24. The molecule has 0 N–H and O–H groups in total. The molecule has 0 fully saturated rings. The second kappa shape index (κ2) is 12.7. The van der Waals surface area contributed by atoms with E-state index in [4.69, 9.17) is 6.42 Å². The van der Waals surface area contributed by atoms with Crippen LogP contribution >= 0.6 is 0 Å². The summed E-state index contributed by atoms with van der Waals surface area (Å²) in [6.07, 6.45) is 17.0. The molecule has 8 aromatic rings. The molecule has 0 aliphatic heterocycles. The van der Waals surface area contributed by atoms with Gasteiger partial charge in [-0.15, -0.1) is 6.42 Å². The van der Waals surface area contributed by atoms with Gasteiger partial charge < -0.3 is 9.13 Å². The molecule has 0 radical (unpaired) electrons. The fourth-order valence-electron chi connectivity index (χ4n) is 7.85. The molecule has 6 aromatic carbocycles. The molecule has 1 aliphatic carbocycles. The second-order valence-electron chi connectivity index (χ2n) is 13.4. The van der Waals surface area contributed by atoms with E-state index in [0.717, 1.165) is 6.42 Å². The Morgan fingerprint density at radius 3 is 1.94 bits per heavy atom. The normalized spacial score (nSPS) is 14.4. The summed E-state index contributed by atoms with van der Waals surface area (Å²) in [5.74, 6) is 2.89. The highest BCUT2D eigenvalue weighted by Crippen LogP contribution is 2.40. The number of allylic oxidation sites excluding steroid dienone is 5. The van der Waals surface area contributed by atoms with E-state index in [1.165, 1.54) is 83.2 Å². The summed E-state index contributed by atoms with van der Waals surface area (Å²) in [7, 11) is 0. The third kappa shape index (κ3) is 5.32. The molecule has 9 rings (SSSR count). The lowest BCUT2D eigenvalue weighted by molar-refractivity contribution is 0.716. The van der Waals surface area contributed by atoms with E-state index >= 15 is 0 Å². The third-order valence-electron chi connectivity index (χ3n) is 10.4. The third-order valence-corrected chi connectivity index (χ3v) is 10.4. The maximum Gasteiger partial charge on any atom is 0.0541 e. The maximum atomic E-state index is 5.48. The Morgan fingerprint density at radius 2 is 1.20 bits per heavy atom. The molecular formula is C49H36N2. The average Bonchev–Trinajstić information content (AvgIpc) is 3.70. The minimum absolute atomic E-state index is 0.287. The molecule has 0 amide bonds. The smallest absolute Gasteiger partial charge is 0.0541 e. The largest absolute Gasteiger partial charge is 0.313 e. The molecule has 2 heterocycles. The van der Waals surface area contributed by atoms with Gasteiger partial charge in [0.05, 0.1) is 16.6 Å². The molecule has 2 nitrogen and oxygen atoms in total. The van der Waals surface area contributed by atoms with E-state index in [0.29, 0.717) is 0 Å². The van der Waals surface area contributed by atoms with Crippen LogP contribution < -0.4 is 0 Å². The van der Waals surface area contributed by atoms with E-state index in [1.807, 2.05) is 6.08 Å². The Morgan fingerprint density at radius 1 is 0.608 bits per heavy atom. The number of rotatable bonds is 6. The first-order valence-electron chi connectivity index (χ1n) is 17.6. The van der Waals surface area contributed by atoms with Gasteiger partial charge in [-0.2, -0.15) is 0 Å². The van der Waals surface area contributed by atoms with Crippen molar-refractivity contribution in [3.63, 3.8) is 0 Å². The molecule has 1 atom stereocenters. The quantitative estimate of drug-likeness (QED) is 0.125. The highest BCUT2D eigenvalue weighted by atomic mass is 15.0. The van der Waals surface area contributed by atoms with Gasteiger partial charge in [0, 0.05) is 44.7 Å². The van der Waals surface area contributed by atoms with Gasteiger partial charge in [0.2, 0.25) is 0 Å². The van der Waals surface area contributed by atoms with Crippen molar-refractivity contribution in [1.82, 2.24) is 9.13 Å². The molecule has 2 heteroatoms. The number of benzene rings is 6. The maximum absolute atomic E-state index is 5.48. The van der Waals surface area contributed by atoms with Crippen molar-refractivity contribution in [2.75, 3.05) is 0 Å². The summed E-state index contributed by atoms with van der Waals surface area (Å²) < 4.78 is 4.85. The topological polar surface area (TPSA) is 9.86 Å². The van der Waals surface area contributed by atoms with E-state index in [2.05, 4.69) is 186 Å². The van der Waals surface area contributed by atoms with E-state index < -0.39 is 0 Å². The SMILES string of the molecule is C#C/C=C\C=C(/C)C1C=Cc2c(n(-c3ccc(-c4ccccc4)cc3)c3ccc(-c4ccc5c(c4)c4ccccc4n5-c4ccccc4)cc23)C1. The van der Waals surface area contributed by atoms with Crippen LogP contribution in [0, 0.1) is 18.3 Å². The fourth-order valence-corrected chi connectivity index (χ4v) is 7.85. The molecule has 1 unspecified atom stereocenters. The van der Waals surface area contributed by atoms with Crippen LogP contribution in [0.2, 0.25) is 0 Å². The number of hydrogen-bond acceptors (Lipinski definition) is 0. The van der Waals surface area contributed by atoms with Crippen LogP contribution in [0.25, 0.3) is 72.4 Å². The van der Waals surface area contributed by atoms with Crippen molar-refractivity contribution in [2.45, 2.75) is 13.3 Å². The summed E-state index contributed by atoms with van der Waals surface area (Å²) >= 11 is 0.